The van der Waals surface area contributed by atoms with Crippen molar-refractivity contribution in [1.82, 2.24) is 4.90 Å². The third-order valence-electron chi connectivity index (χ3n) is 3.91. The predicted octanol–water partition coefficient (Wildman–Crippen LogP) is 1.46. The van der Waals surface area contributed by atoms with Crippen LogP contribution in [0.4, 0.5) is 4.39 Å². The van der Waals surface area contributed by atoms with Crippen LogP contribution in [-0.2, 0) is 11.3 Å². The average Bonchev–Trinajstić information content (AvgIpc) is 2.58. The number of carbonyl (C=O) groups excluding carboxylic acids is 1. The van der Waals surface area contributed by atoms with Gasteiger partial charge in [-0.1, -0.05) is 6.07 Å². The third-order valence-corrected chi connectivity index (χ3v) is 3.91. The number of fused-ring (bicyclic) bond motifs is 1. The number of amides is 1. The lowest BCUT2D eigenvalue weighted by molar-refractivity contribution is -0.161. The molecule has 4 nitrogen and oxygen atoms in total. The molecule has 3 rings (SSSR count). The maximum absolute atomic E-state index is 13.8. The number of aliphatic hydroxyl groups is 1. The van der Waals surface area contributed by atoms with E-state index in [-0.39, 0.29) is 18.3 Å². The third kappa shape index (κ3) is 2.08. The highest BCUT2D eigenvalue weighted by atomic mass is 19.1. The first-order valence-corrected chi connectivity index (χ1v) is 6.52. The zero-order chi connectivity index (χ0) is 13.5. The highest BCUT2D eigenvalue weighted by molar-refractivity contribution is 5.86. The number of carbonyl (C=O) groups is 1. The fourth-order valence-corrected chi connectivity index (χ4v) is 2.56. The van der Waals surface area contributed by atoms with Crippen LogP contribution < -0.4 is 4.74 Å². The van der Waals surface area contributed by atoms with E-state index in [1.54, 1.807) is 12.1 Å². The summed E-state index contributed by atoms with van der Waals surface area (Å²) in [7, 11) is 0. The maximum Gasteiger partial charge on any atom is 0.254 e. The van der Waals surface area contributed by atoms with Gasteiger partial charge >= 0.3 is 0 Å². The average molecular weight is 265 g/mol. The molecule has 1 saturated carbocycles. The molecule has 1 heterocycles. The van der Waals surface area contributed by atoms with Gasteiger partial charge < -0.3 is 14.7 Å². The van der Waals surface area contributed by atoms with Crippen molar-refractivity contribution in [3.63, 3.8) is 0 Å². The Morgan fingerprint density at radius 3 is 2.89 bits per heavy atom. The van der Waals surface area contributed by atoms with E-state index in [0.717, 1.165) is 6.42 Å². The van der Waals surface area contributed by atoms with Crippen molar-refractivity contribution >= 4 is 5.91 Å². The van der Waals surface area contributed by atoms with E-state index in [1.165, 1.54) is 11.0 Å². The molecule has 1 aromatic carbocycles. The van der Waals surface area contributed by atoms with Gasteiger partial charge in [-0.3, -0.25) is 4.79 Å². The lowest BCUT2D eigenvalue weighted by Crippen LogP contribution is -2.53. The van der Waals surface area contributed by atoms with Gasteiger partial charge in [-0.15, -0.1) is 0 Å². The van der Waals surface area contributed by atoms with Gasteiger partial charge in [0.15, 0.2) is 0 Å². The molecular formula is C14H16FNO3. The van der Waals surface area contributed by atoms with Crippen LogP contribution in [0.15, 0.2) is 18.2 Å². The molecule has 2 aliphatic rings. The molecule has 0 saturated heterocycles. The van der Waals surface area contributed by atoms with Crippen LogP contribution in [-0.4, -0.2) is 34.7 Å². The van der Waals surface area contributed by atoms with Crippen LogP contribution in [0.5, 0.6) is 5.75 Å². The zero-order valence-electron chi connectivity index (χ0n) is 10.6. The summed E-state index contributed by atoms with van der Waals surface area (Å²) in [6.07, 6.45) is 1.85. The molecule has 1 aliphatic heterocycles. The molecular weight excluding hydrogens is 249 g/mol. The summed E-state index contributed by atoms with van der Waals surface area (Å²) in [5, 5.41) is 10.1. The first-order chi connectivity index (χ1) is 9.10. The minimum atomic E-state index is -1.24. The lowest BCUT2D eigenvalue weighted by Gasteiger charge is -2.38. The van der Waals surface area contributed by atoms with Crippen LogP contribution in [0, 0.1) is 5.82 Å². The second-order valence-electron chi connectivity index (χ2n) is 5.18. The highest BCUT2D eigenvalue weighted by Gasteiger charge is 2.44. The van der Waals surface area contributed by atoms with Crippen molar-refractivity contribution in [3.05, 3.63) is 29.6 Å². The Bertz CT molecular complexity index is 513. The molecule has 1 aromatic rings. The van der Waals surface area contributed by atoms with Crippen molar-refractivity contribution in [2.24, 2.45) is 0 Å². The van der Waals surface area contributed by atoms with Gasteiger partial charge in [0.05, 0.1) is 13.1 Å². The van der Waals surface area contributed by atoms with Gasteiger partial charge in [-0.25, -0.2) is 4.39 Å². The monoisotopic (exact) mass is 265 g/mol. The van der Waals surface area contributed by atoms with E-state index in [4.69, 9.17) is 4.74 Å². The molecule has 0 atom stereocenters. The standard InChI is InChI=1S/C14H16FNO3/c15-11-3-1-4-12-10(11)9-16(7-8-19-12)13(17)14(18)5-2-6-14/h1,3-4,18H,2,5-9H2. The van der Waals surface area contributed by atoms with Crippen molar-refractivity contribution in [2.45, 2.75) is 31.4 Å². The second kappa shape index (κ2) is 4.49. The number of nitrogens with zero attached hydrogens (tertiary/aromatic N) is 1. The fourth-order valence-electron chi connectivity index (χ4n) is 2.56. The molecule has 1 fully saturated rings. The molecule has 0 radical (unpaired) electrons. The molecule has 5 heteroatoms. The number of hydrogen-bond donors (Lipinski definition) is 1. The Hall–Kier alpha value is -1.62. The van der Waals surface area contributed by atoms with E-state index in [1.807, 2.05) is 0 Å². The number of hydrogen-bond acceptors (Lipinski definition) is 3. The first kappa shape index (κ1) is 12.4. The summed E-state index contributed by atoms with van der Waals surface area (Å²) < 4.78 is 19.3. The number of benzene rings is 1. The highest BCUT2D eigenvalue weighted by Crippen LogP contribution is 2.35. The van der Waals surface area contributed by atoms with Gasteiger partial charge in [-0.05, 0) is 31.4 Å². The molecule has 1 aliphatic carbocycles. The topological polar surface area (TPSA) is 49.8 Å². The maximum atomic E-state index is 13.8. The van der Waals surface area contributed by atoms with Crippen LogP contribution in [0.3, 0.4) is 0 Å². The molecule has 0 spiro atoms. The summed E-state index contributed by atoms with van der Waals surface area (Å²) in [6, 6.07) is 4.64. The quantitative estimate of drug-likeness (QED) is 0.836. The van der Waals surface area contributed by atoms with Gasteiger partial charge in [-0.2, -0.15) is 0 Å². The van der Waals surface area contributed by atoms with Crippen molar-refractivity contribution in [2.75, 3.05) is 13.2 Å². The Kier molecular flexibility index (Phi) is 2.93. The minimum Gasteiger partial charge on any atom is -0.491 e. The van der Waals surface area contributed by atoms with Gasteiger partial charge in [0.25, 0.3) is 5.91 Å². The summed E-state index contributed by atoms with van der Waals surface area (Å²) in [5.74, 6) is -0.202. The number of halogens is 1. The smallest absolute Gasteiger partial charge is 0.254 e. The normalized spacial score (nSPS) is 20.8. The summed E-state index contributed by atoms with van der Waals surface area (Å²) >= 11 is 0. The van der Waals surface area contributed by atoms with E-state index < -0.39 is 5.60 Å². The van der Waals surface area contributed by atoms with Crippen LogP contribution in [0.1, 0.15) is 24.8 Å². The largest absolute Gasteiger partial charge is 0.491 e. The van der Waals surface area contributed by atoms with Gasteiger partial charge in [0.2, 0.25) is 0 Å². The number of rotatable bonds is 1. The molecule has 1 N–H and O–H groups in total. The Morgan fingerprint density at radius 1 is 1.42 bits per heavy atom. The fraction of sp³-hybridized carbons (Fsp3) is 0.500. The summed E-state index contributed by atoms with van der Waals surface area (Å²) in [4.78, 5) is 13.8. The predicted molar refractivity (Wildman–Crippen MR) is 66.1 cm³/mol. The second-order valence-corrected chi connectivity index (χ2v) is 5.18. The molecule has 0 unspecified atom stereocenters. The molecule has 102 valence electrons. The molecule has 1 amide bonds. The van der Waals surface area contributed by atoms with Crippen LogP contribution in [0.25, 0.3) is 0 Å². The Labute approximate surface area is 110 Å². The van der Waals surface area contributed by atoms with E-state index >= 15 is 0 Å². The first-order valence-electron chi connectivity index (χ1n) is 6.52. The summed E-state index contributed by atoms with van der Waals surface area (Å²) in [6.45, 7) is 0.844. The van der Waals surface area contributed by atoms with E-state index in [2.05, 4.69) is 0 Å². The van der Waals surface area contributed by atoms with Crippen LogP contribution >= 0.6 is 0 Å². The molecule has 0 bridgehead atoms. The van der Waals surface area contributed by atoms with Gasteiger partial charge in [0.1, 0.15) is 23.8 Å². The number of ether oxygens (including phenoxy) is 1. The Balaban J connectivity index is 1.86. The van der Waals surface area contributed by atoms with Crippen molar-refractivity contribution in [3.8, 4) is 5.75 Å². The van der Waals surface area contributed by atoms with E-state index in [9.17, 15) is 14.3 Å². The summed E-state index contributed by atoms with van der Waals surface area (Å²) in [5.41, 5.74) is -0.855. The van der Waals surface area contributed by atoms with Crippen molar-refractivity contribution < 1.29 is 19.0 Å². The zero-order valence-corrected chi connectivity index (χ0v) is 10.6. The van der Waals surface area contributed by atoms with Gasteiger partial charge in [0, 0.05) is 5.56 Å². The van der Waals surface area contributed by atoms with Crippen molar-refractivity contribution in [1.29, 1.82) is 0 Å². The Morgan fingerprint density at radius 2 is 2.21 bits per heavy atom. The minimum absolute atomic E-state index is 0.156. The SMILES string of the molecule is O=C(N1CCOc2cccc(F)c2C1)C1(O)CCC1. The molecule has 0 aromatic heterocycles. The van der Waals surface area contributed by atoms with Crippen LogP contribution in [0.2, 0.25) is 0 Å². The molecule has 19 heavy (non-hydrogen) atoms. The van der Waals surface area contributed by atoms with E-state index in [0.29, 0.717) is 37.3 Å². The lowest BCUT2D eigenvalue weighted by atomic mass is 9.79.